The van der Waals surface area contributed by atoms with Gasteiger partial charge in [0.25, 0.3) is 5.91 Å². The van der Waals surface area contributed by atoms with Crippen LogP contribution < -0.4 is 5.32 Å². The quantitative estimate of drug-likeness (QED) is 0.888. The summed E-state index contributed by atoms with van der Waals surface area (Å²) in [7, 11) is 0. The molecule has 1 fully saturated rings. The van der Waals surface area contributed by atoms with Crippen molar-refractivity contribution in [1.29, 1.82) is 0 Å². The molecule has 0 saturated carbocycles. The third-order valence-electron chi connectivity index (χ3n) is 3.88. The molecule has 21 heavy (non-hydrogen) atoms. The van der Waals surface area contributed by atoms with Crippen LogP contribution >= 0.6 is 11.3 Å². The van der Waals surface area contributed by atoms with E-state index in [9.17, 15) is 14.7 Å². The summed E-state index contributed by atoms with van der Waals surface area (Å²) in [5.74, 6) is 0.135. The first-order valence-corrected chi connectivity index (χ1v) is 8.08. The Kier molecular flexibility index (Phi) is 5.36. The molecule has 1 aliphatic heterocycles. The first-order chi connectivity index (χ1) is 10.0. The number of hydrogen-bond acceptors (Lipinski definition) is 4. The van der Waals surface area contributed by atoms with E-state index in [-0.39, 0.29) is 30.4 Å². The van der Waals surface area contributed by atoms with Crippen LogP contribution in [0.5, 0.6) is 0 Å². The summed E-state index contributed by atoms with van der Waals surface area (Å²) in [4.78, 5) is 27.0. The van der Waals surface area contributed by atoms with Crippen molar-refractivity contribution in [2.75, 3.05) is 13.2 Å². The van der Waals surface area contributed by atoms with Gasteiger partial charge in [-0.25, -0.2) is 0 Å². The number of nitrogens with zero attached hydrogens (tertiary/aromatic N) is 1. The minimum atomic E-state index is -0.0771. The Morgan fingerprint density at radius 2 is 2.19 bits per heavy atom. The Hall–Kier alpha value is -1.40. The predicted octanol–water partition coefficient (Wildman–Crippen LogP) is 1.62. The van der Waals surface area contributed by atoms with E-state index in [2.05, 4.69) is 12.2 Å². The summed E-state index contributed by atoms with van der Waals surface area (Å²) >= 11 is 1.42. The Bertz CT molecular complexity index is 515. The van der Waals surface area contributed by atoms with Crippen molar-refractivity contribution in [3.05, 3.63) is 21.9 Å². The van der Waals surface area contributed by atoms with E-state index in [0.717, 1.165) is 17.7 Å². The number of piperidine rings is 1. The van der Waals surface area contributed by atoms with Gasteiger partial charge in [0.15, 0.2) is 0 Å². The molecule has 2 rings (SSSR count). The van der Waals surface area contributed by atoms with Crippen LogP contribution in [0.15, 0.2) is 12.1 Å². The SMILES string of the molecule is CC(=O)NCc1ccc(C(=O)N2CC(CO)CCC2C)s1. The van der Waals surface area contributed by atoms with E-state index < -0.39 is 0 Å². The zero-order chi connectivity index (χ0) is 15.4. The molecule has 2 N–H and O–H groups in total. The number of rotatable bonds is 4. The lowest BCUT2D eigenvalue weighted by molar-refractivity contribution is -0.119. The van der Waals surface area contributed by atoms with Crippen molar-refractivity contribution >= 4 is 23.2 Å². The number of carbonyl (C=O) groups excluding carboxylic acids is 2. The molecule has 0 aromatic carbocycles. The van der Waals surface area contributed by atoms with Gasteiger partial charge in [-0.05, 0) is 37.8 Å². The third-order valence-corrected chi connectivity index (χ3v) is 4.96. The summed E-state index contributed by atoms with van der Waals surface area (Å²) < 4.78 is 0. The van der Waals surface area contributed by atoms with Crippen LogP contribution in [0.2, 0.25) is 0 Å². The predicted molar refractivity (Wildman–Crippen MR) is 82.1 cm³/mol. The summed E-state index contributed by atoms with van der Waals surface area (Å²) in [6.45, 7) is 4.74. The maximum atomic E-state index is 12.6. The number of amides is 2. The Morgan fingerprint density at radius 1 is 1.43 bits per heavy atom. The van der Waals surface area contributed by atoms with Gasteiger partial charge in [-0.3, -0.25) is 9.59 Å². The van der Waals surface area contributed by atoms with Crippen molar-refractivity contribution in [3.63, 3.8) is 0 Å². The van der Waals surface area contributed by atoms with Crippen molar-refractivity contribution in [1.82, 2.24) is 10.2 Å². The largest absolute Gasteiger partial charge is 0.396 e. The number of hydrogen-bond donors (Lipinski definition) is 2. The van der Waals surface area contributed by atoms with Crippen LogP contribution in [0.25, 0.3) is 0 Å². The van der Waals surface area contributed by atoms with Crippen molar-refractivity contribution in [3.8, 4) is 0 Å². The Balaban J connectivity index is 2.03. The highest BCUT2D eigenvalue weighted by Gasteiger charge is 2.29. The molecule has 1 aromatic rings. The smallest absolute Gasteiger partial charge is 0.264 e. The van der Waals surface area contributed by atoms with Gasteiger partial charge in [0.05, 0.1) is 11.4 Å². The van der Waals surface area contributed by atoms with Crippen molar-refractivity contribution < 1.29 is 14.7 Å². The lowest BCUT2D eigenvalue weighted by atomic mass is 9.94. The number of aliphatic hydroxyl groups excluding tert-OH is 1. The van der Waals surface area contributed by atoms with Crippen LogP contribution in [0.1, 0.15) is 41.2 Å². The maximum absolute atomic E-state index is 12.6. The zero-order valence-electron chi connectivity index (χ0n) is 12.5. The zero-order valence-corrected chi connectivity index (χ0v) is 13.3. The number of likely N-dealkylation sites (tertiary alicyclic amines) is 1. The van der Waals surface area contributed by atoms with Crippen LogP contribution in [0.4, 0.5) is 0 Å². The molecule has 1 aromatic heterocycles. The van der Waals surface area contributed by atoms with Crippen molar-refractivity contribution in [2.45, 2.75) is 39.3 Å². The molecule has 6 heteroatoms. The van der Waals surface area contributed by atoms with E-state index >= 15 is 0 Å². The van der Waals surface area contributed by atoms with Crippen LogP contribution in [-0.2, 0) is 11.3 Å². The highest BCUT2D eigenvalue weighted by Crippen LogP contribution is 2.26. The summed E-state index contributed by atoms with van der Waals surface area (Å²) in [6, 6.07) is 3.91. The highest BCUT2D eigenvalue weighted by molar-refractivity contribution is 7.14. The van der Waals surface area contributed by atoms with E-state index in [1.54, 1.807) is 0 Å². The van der Waals surface area contributed by atoms with Crippen LogP contribution in [0.3, 0.4) is 0 Å². The van der Waals surface area contributed by atoms with Gasteiger partial charge in [0.2, 0.25) is 5.91 Å². The number of nitrogens with one attached hydrogen (secondary N) is 1. The fourth-order valence-electron chi connectivity index (χ4n) is 2.56. The first kappa shape index (κ1) is 16.0. The van der Waals surface area contributed by atoms with Gasteiger partial charge in [0.1, 0.15) is 0 Å². The maximum Gasteiger partial charge on any atom is 0.264 e. The van der Waals surface area contributed by atoms with Gasteiger partial charge in [-0.2, -0.15) is 0 Å². The third kappa shape index (κ3) is 4.04. The molecule has 116 valence electrons. The van der Waals surface area contributed by atoms with Crippen LogP contribution in [0, 0.1) is 5.92 Å². The second-order valence-corrected chi connectivity index (χ2v) is 6.78. The van der Waals surface area contributed by atoms with Gasteiger partial charge in [0, 0.05) is 31.0 Å². The van der Waals surface area contributed by atoms with E-state index in [4.69, 9.17) is 0 Å². The van der Waals surface area contributed by atoms with Gasteiger partial charge in [-0.15, -0.1) is 11.3 Å². The monoisotopic (exact) mass is 310 g/mol. The van der Waals surface area contributed by atoms with Gasteiger partial charge >= 0.3 is 0 Å². The average Bonchev–Trinajstić information content (AvgIpc) is 2.94. The van der Waals surface area contributed by atoms with Gasteiger partial charge < -0.3 is 15.3 Å². The molecule has 1 saturated heterocycles. The standard InChI is InChI=1S/C15H22N2O3S/c1-10-3-4-12(9-18)8-17(10)15(20)14-6-5-13(21-14)7-16-11(2)19/h5-6,10,12,18H,3-4,7-9H2,1-2H3,(H,16,19). The summed E-state index contributed by atoms with van der Waals surface area (Å²) in [5, 5.41) is 12.0. The molecule has 2 amide bonds. The Labute approximate surface area is 129 Å². The lowest BCUT2D eigenvalue weighted by Gasteiger charge is -2.37. The first-order valence-electron chi connectivity index (χ1n) is 7.26. The fraction of sp³-hybridized carbons (Fsp3) is 0.600. The summed E-state index contributed by atoms with van der Waals surface area (Å²) in [5.41, 5.74) is 0. The molecular formula is C15H22N2O3S. The molecule has 0 spiro atoms. The molecule has 0 aliphatic carbocycles. The number of aliphatic hydroxyl groups is 1. The average molecular weight is 310 g/mol. The second-order valence-electron chi connectivity index (χ2n) is 5.61. The minimum absolute atomic E-state index is 0.0275. The van der Waals surface area contributed by atoms with Crippen molar-refractivity contribution in [2.24, 2.45) is 5.92 Å². The molecule has 2 heterocycles. The normalized spacial score (nSPS) is 22.1. The molecule has 2 atom stereocenters. The fourth-order valence-corrected chi connectivity index (χ4v) is 3.46. The van der Waals surface area contributed by atoms with E-state index in [0.29, 0.717) is 18.0 Å². The minimum Gasteiger partial charge on any atom is -0.396 e. The highest BCUT2D eigenvalue weighted by atomic mass is 32.1. The Morgan fingerprint density at radius 3 is 2.86 bits per heavy atom. The lowest BCUT2D eigenvalue weighted by Crippen LogP contribution is -2.46. The molecule has 1 aliphatic rings. The molecule has 5 nitrogen and oxygen atoms in total. The summed E-state index contributed by atoms with van der Waals surface area (Å²) in [6.07, 6.45) is 1.90. The second kappa shape index (κ2) is 7.04. The number of carbonyl (C=O) groups is 2. The van der Waals surface area contributed by atoms with E-state index in [1.807, 2.05) is 17.0 Å². The topological polar surface area (TPSA) is 69.6 Å². The molecule has 2 unspecified atom stereocenters. The molecular weight excluding hydrogens is 288 g/mol. The number of thiophene rings is 1. The van der Waals surface area contributed by atoms with Crippen LogP contribution in [-0.4, -0.2) is 41.0 Å². The van der Waals surface area contributed by atoms with E-state index in [1.165, 1.54) is 18.3 Å². The molecule has 0 bridgehead atoms. The van der Waals surface area contributed by atoms with Gasteiger partial charge in [-0.1, -0.05) is 0 Å². The molecule has 0 radical (unpaired) electrons.